The minimum absolute atomic E-state index is 0.452. The van der Waals surface area contributed by atoms with Crippen LogP contribution in [0.2, 0.25) is 0 Å². The van der Waals surface area contributed by atoms with E-state index in [2.05, 4.69) is 50.0 Å². The van der Waals surface area contributed by atoms with E-state index in [-0.39, 0.29) is 0 Å². The van der Waals surface area contributed by atoms with Crippen LogP contribution in [0.15, 0.2) is 29.5 Å². The normalized spacial score (nSPS) is 11.1. The Morgan fingerprint density at radius 2 is 2.12 bits per heavy atom. The minimum atomic E-state index is 0.452. The van der Waals surface area contributed by atoms with Gasteiger partial charge in [0.25, 0.3) is 0 Å². The summed E-state index contributed by atoms with van der Waals surface area (Å²) in [6.45, 7) is 4.98. The monoisotopic (exact) mass is 295 g/mol. The third-order valence-electron chi connectivity index (χ3n) is 2.20. The summed E-state index contributed by atoms with van der Waals surface area (Å²) in [5.41, 5.74) is 0.989. The zero-order valence-electron chi connectivity index (χ0n) is 9.76. The summed E-state index contributed by atoms with van der Waals surface area (Å²) in [6.07, 6.45) is 7.06. The van der Waals surface area contributed by atoms with Crippen molar-refractivity contribution in [2.24, 2.45) is 0 Å². The summed E-state index contributed by atoms with van der Waals surface area (Å²) in [4.78, 5) is 12.7. The van der Waals surface area contributed by atoms with Crippen LogP contribution in [-0.2, 0) is 6.54 Å². The van der Waals surface area contributed by atoms with Crippen molar-refractivity contribution in [2.75, 3.05) is 0 Å². The standard InChI is InChI=1S/C11H14BrN5/c1-8(2)13-3-9-6-17(7-16-9)11-5-14-10(12)4-15-11/h4-8,13H,3H2,1-2H3. The highest BCUT2D eigenvalue weighted by molar-refractivity contribution is 9.10. The van der Waals surface area contributed by atoms with Crippen molar-refractivity contribution in [3.8, 4) is 5.82 Å². The summed E-state index contributed by atoms with van der Waals surface area (Å²) in [5, 5.41) is 3.32. The topological polar surface area (TPSA) is 55.6 Å². The van der Waals surface area contributed by atoms with E-state index >= 15 is 0 Å². The fraction of sp³-hybridized carbons (Fsp3) is 0.364. The number of nitrogens with one attached hydrogen (secondary N) is 1. The Kier molecular flexibility index (Phi) is 3.86. The second kappa shape index (κ2) is 5.37. The van der Waals surface area contributed by atoms with Gasteiger partial charge in [-0.25, -0.2) is 15.0 Å². The molecule has 0 aliphatic heterocycles. The Labute approximate surface area is 108 Å². The Balaban J connectivity index is 2.10. The lowest BCUT2D eigenvalue weighted by atomic mass is 10.3. The molecule has 0 spiro atoms. The van der Waals surface area contributed by atoms with Crippen molar-refractivity contribution in [1.29, 1.82) is 0 Å². The molecule has 0 bridgehead atoms. The van der Waals surface area contributed by atoms with Crippen molar-refractivity contribution in [3.05, 3.63) is 35.2 Å². The fourth-order valence-corrected chi connectivity index (χ4v) is 1.53. The van der Waals surface area contributed by atoms with E-state index in [1.54, 1.807) is 18.7 Å². The van der Waals surface area contributed by atoms with Crippen molar-refractivity contribution in [1.82, 2.24) is 24.8 Å². The summed E-state index contributed by atoms with van der Waals surface area (Å²) >= 11 is 3.26. The van der Waals surface area contributed by atoms with E-state index in [9.17, 15) is 0 Å². The molecule has 0 saturated carbocycles. The predicted octanol–water partition coefficient (Wildman–Crippen LogP) is 1.92. The molecule has 90 valence electrons. The van der Waals surface area contributed by atoms with Gasteiger partial charge in [-0.2, -0.15) is 0 Å². The SMILES string of the molecule is CC(C)NCc1cn(-c2cnc(Br)cn2)cn1. The molecule has 0 amide bonds. The summed E-state index contributed by atoms with van der Waals surface area (Å²) in [5.74, 6) is 0.761. The molecule has 0 aliphatic rings. The lowest BCUT2D eigenvalue weighted by Crippen LogP contribution is -2.21. The van der Waals surface area contributed by atoms with Gasteiger partial charge in [0.05, 0.1) is 18.1 Å². The summed E-state index contributed by atoms with van der Waals surface area (Å²) in [6, 6.07) is 0.452. The molecule has 17 heavy (non-hydrogen) atoms. The van der Waals surface area contributed by atoms with Crippen molar-refractivity contribution in [3.63, 3.8) is 0 Å². The van der Waals surface area contributed by atoms with E-state index in [0.717, 1.165) is 22.7 Å². The van der Waals surface area contributed by atoms with Crippen LogP contribution in [0, 0.1) is 0 Å². The molecule has 0 unspecified atom stereocenters. The second-order valence-electron chi connectivity index (χ2n) is 4.01. The molecular weight excluding hydrogens is 282 g/mol. The van der Waals surface area contributed by atoms with Gasteiger partial charge in [0.1, 0.15) is 10.9 Å². The highest BCUT2D eigenvalue weighted by Gasteiger charge is 2.03. The number of hydrogen-bond donors (Lipinski definition) is 1. The molecule has 0 fully saturated rings. The molecule has 2 aromatic rings. The first-order chi connectivity index (χ1) is 8.15. The molecule has 6 heteroatoms. The molecule has 0 saturated heterocycles. The molecule has 2 aromatic heterocycles. The van der Waals surface area contributed by atoms with E-state index < -0.39 is 0 Å². The highest BCUT2D eigenvalue weighted by Crippen LogP contribution is 2.07. The van der Waals surface area contributed by atoms with Crippen LogP contribution in [0.4, 0.5) is 0 Å². The Morgan fingerprint density at radius 1 is 1.29 bits per heavy atom. The molecule has 2 rings (SSSR count). The van der Waals surface area contributed by atoms with E-state index in [1.165, 1.54) is 0 Å². The number of halogens is 1. The van der Waals surface area contributed by atoms with E-state index in [0.29, 0.717) is 6.04 Å². The second-order valence-corrected chi connectivity index (χ2v) is 4.82. The summed E-state index contributed by atoms with van der Waals surface area (Å²) in [7, 11) is 0. The van der Waals surface area contributed by atoms with Crippen LogP contribution in [-0.4, -0.2) is 25.6 Å². The van der Waals surface area contributed by atoms with Crippen molar-refractivity contribution < 1.29 is 0 Å². The maximum atomic E-state index is 4.31. The van der Waals surface area contributed by atoms with Gasteiger partial charge in [-0.15, -0.1) is 0 Å². The van der Waals surface area contributed by atoms with Gasteiger partial charge in [-0.3, -0.25) is 4.57 Å². The Bertz CT molecular complexity index is 477. The maximum absolute atomic E-state index is 4.31. The first-order valence-electron chi connectivity index (χ1n) is 5.39. The van der Waals surface area contributed by atoms with Gasteiger partial charge >= 0.3 is 0 Å². The van der Waals surface area contributed by atoms with Crippen molar-refractivity contribution >= 4 is 15.9 Å². The first-order valence-corrected chi connectivity index (χ1v) is 6.18. The van der Waals surface area contributed by atoms with Crippen LogP contribution in [0.5, 0.6) is 0 Å². The number of imidazole rings is 1. The van der Waals surface area contributed by atoms with Gasteiger partial charge in [0, 0.05) is 18.8 Å². The Morgan fingerprint density at radius 3 is 2.76 bits per heavy atom. The van der Waals surface area contributed by atoms with Crippen LogP contribution in [0.25, 0.3) is 5.82 Å². The van der Waals surface area contributed by atoms with Gasteiger partial charge in [0.15, 0.2) is 5.82 Å². The first kappa shape index (κ1) is 12.2. The van der Waals surface area contributed by atoms with Gasteiger partial charge in [-0.05, 0) is 15.9 Å². The number of nitrogens with zero attached hydrogens (tertiary/aromatic N) is 4. The van der Waals surface area contributed by atoms with E-state index in [1.807, 2.05) is 10.8 Å². The predicted molar refractivity (Wildman–Crippen MR) is 68.8 cm³/mol. The van der Waals surface area contributed by atoms with Crippen molar-refractivity contribution in [2.45, 2.75) is 26.4 Å². The molecular formula is C11H14BrN5. The van der Waals surface area contributed by atoms with Crippen LogP contribution in [0.1, 0.15) is 19.5 Å². The van der Waals surface area contributed by atoms with Gasteiger partial charge in [-0.1, -0.05) is 13.8 Å². The fourth-order valence-electron chi connectivity index (χ4n) is 1.33. The smallest absolute Gasteiger partial charge is 0.156 e. The van der Waals surface area contributed by atoms with Crippen LogP contribution < -0.4 is 5.32 Å². The van der Waals surface area contributed by atoms with Crippen LogP contribution >= 0.6 is 15.9 Å². The molecule has 0 atom stereocenters. The number of hydrogen-bond acceptors (Lipinski definition) is 4. The maximum Gasteiger partial charge on any atom is 0.156 e. The zero-order chi connectivity index (χ0) is 12.3. The highest BCUT2D eigenvalue weighted by atomic mass is 79.9. The summed E-state index contributed by atoms with van der Waals surface area (Å²) < 4.78 is 2.58. The molecule has 5 nitrogen and oxygen atoms in total. The largest absolute Gasteiger partial charge is 0.309 e. The minimum Gasteiger partial charge on any atom is -0.309 e. The van der Waals surface area contributed by atoms with E-state index in [4.69, 9.17) is 0 Å². The molecule has 1 N–H and O–H groups in total. The molecule has 0 radical (unpaired) electrons. The molecule has 0 aliphatic carbocycles. The average Bonchev–Trinajstić information content (AvgIpc) is 2.76. The lowest BCUT2D eigenvalue weighted by molar-refractivity contribution is 0.582. The molecule has 2 heterocycles. The van der Waals surface area contributed by atoms with Gasteiger partial charge < -0.3 is 5.32 Å². The third kappa shape index (κ3) is 3.34. The average molecular weight is 296 g/mol. The van der Waals surface area contributed by atoms with Gasteiger partial charge in [0.2, 0.25) is 0 Å². The lowest BCUT2D eigenvalue weighted by Gasteiger charge is -2.04. The molecule has 0 aromatic carbocycles. The number of aromatic nitrogens is 4. The third-order valence-corrected chi connectivity index (χ3v) is 2.61. The van der Waals surface area contributed by atoms with Crippen LogP contribution in [0.3, 0.4) is 0 Å². The number of rotatable bonds is 4. The Hall–Kier alpha value is -1.27. The zero-order valence-corrected chi connectivity index (χ0v) is 11.3. The quantitative estimate of drug-likeness (QED) is 0.936.